The van der Waals surface area contributed by atoms with E-state index in [1.165, 1.54) is 6.42 Å². The van der Waals surface area contributed by atoms with Gasteiger partial charge in [-0.05, 0) is 18.6 Å². The topological polar surface area (TPSA) is 6.48 Å². The zero-order valence-corrected chi connectivity index (χ0v) is 7.45. The van der Waals surface area contributed by atoms with Gasteiger partial charge in [0, 0.05) is 26.7 Å². The van der Waals surface area contributed by atoms with Crippen molar-refractivity contribution in [1.82, 2.24) is 9.80 Å². The highest BCUT2D eigenvalue weighted by Gasteiger charge is 2.19. The number of thiocarbonyl (C=S) groups is 1. The van der Waals surface area contributed by atoms with Gasteiger partial charge in [0.05, 0.1) is 0 Å². The molecule has 0 radical (unpaired) electrons. The lowest BCUT2D eigenvalue weighted by Gasteiger charge is -2.17. The molecule has 0 saturated carbocycles. The monoisotopic (exact) mass is 158 g/mol. The van der Waals surface area contributed by atoms with Crippen LogP contribution in [0.5, 0.6) is 0 Å². The Labute approximate surface area is 67.8 Å². The summed E-state index contributed by atoms with van der Waals surface area (Å²) < 4.78 is 0. The number of likely N-dealkylation sites (N-methyl/N-ethyl adjacent to an activating group) is 1. The van der Waals surface area contributed by atoms with Crippen molar-refractivity contribution in [3.05, 3.63) is 0 Å². The first-order chi connectivity index (χ1) is 4.75. The third-order valence-electron chi connectivity index (χ3n) is 1.80. The summed E-state index contributed by atoms with van der Waals surface area (Å²) in [5.74, 6) is 0. The fourth-order valence-electron chi connectivity index (χ4n) is 1.18. The minimum Gasteiger partial charge on any atom is -0.350 e. The molecule has 0 aromatic heterocycles. The van der Waals surface area contributed by atoms with Crippen LogP contribution in [-0.2, 0) is 0 Å². The summed E-state index contributed by atoms with van der Waals surface area (Å²) in [6.07, 6.45) is 1.19. The zero-order chi connectivity index (χ0) is 7.56. The van der Waals surface area contributed by atoms with Gasteiger partial charge in [0.25, 0.3) is 0 Å². The molecule has 1 saturated heterocycles. The Morgan fingerprint density at radius 1 is 1.50 bits per heavy atom. The van der Waals surface area contributed by atoms with Gasteiger partial charge in [-0.25, -0.2) is 0 Å². The van der Waals surface area contributed by atoms with Gasteiger partial charge in [-0.2, -0.15) is 0 Å². The highest BCUT2D eigenvalue weighted by atomic mass is 32.1. The molecule has 1 heterocycles. The molecule has 0 aromatic rings. The van der Waals surface area contributed by atoms with Gasteiger partial charge in [-0.3, -0.25) is 0 Å². The molecule has 1 aliphatic rings. The van der Waals surface area contributed by atoms with Crippen LogP contribution in [0, 0.1) is 0 Å². The smallest absolute Gasteiger partial charge is 0.171 e. The van der Waals surface area contributed by atoms with Gasteiger partial charge in [-0.1, -0.05) is 6.92 Å². The molecule has 1 fully saturated rings. The molecule has 0 bridgehead atoms. The first-order valence-electron chi connectivity index (χ1n) is 3.75. The maximum Gasteiger partial charge on any atom is 0.171 e. The molecule has 0 aliphatic carbocycles. The fourth-order valence-corrected chi connectivity index (χ4v) is 1.45. The van der Waals surface area contributed by atoms with E-state index in [2.05, 4.69) is 23.8 Å². The quantitative estimate of drug-likeness (QED) is 0.552. The molecule has 0 amide bonds. The highest BCUT2D eigenvalue weighted by molar-refractivity contribution is 7.80. The lowest BCUT2D eigenvalue weighted by Crippen LogP contribution is -2.29. The highest BCUT2D eigenvalue weighted by Crippen LogP contribution is 2.06. The molecule has 0 unspecified atom stereocenters. The molecule has 3 heteroatoms. The minimum atomic E-state index is 1.02. The minimum absolute atomic E-state index is 1.02. The van der Waals surface area contributed by atoms with E-state index in [0.717, 1.165) is 24.7 Å². The van der Waals surface area contributed by atoms with Crippen LogP contribution < -0.4 is 0 Å². The Balaban J connectivity index is 2.41. The summed E-state index contributed by atoms with van der Waals surface area (Å²) in [5.41, 5.74) is 0. The normalized spacial score (nSPS) is 18.8. The third-order valence-corrected chi connectivity index (χ3v) is 2.37. The predicted molar refractivity (Wildman–Crippen MR) is 47.1 cm³/mol. The Kier molecular flexibility index (Phi) is 2.49. The number of hydrogen-bond acceptors (Lipinski definition) is 1. The molecule has 0 atom stereocenters. The number of rotatable bonds is 2. The van der Waals surface area contributed by atoms with Gasteiger partial charge in [0.1, 0.15) is 0 Å². The van der Waals surface area contributed by atoms with Crippen LogP contribution in [0.25, 0.3) is 0 Å². The summed E-state index contributed by atoms with van der Waals surface area (Å²) >= 11 is 5.18. The van der Waals surface area contributed by atoms with E-state index in [0.29, 0.717) is 0 Å². The van der Waals surface area contributed by atoms with Gasteiger partial charge < -0.3 is 9.80 Å². The van der Waals surface area contributed by atoms with Crippen molar-refractivity contribution >= 4 is 17.3 Å². The summed E-state index contributed by atoms with van der Waals surface area (Å²) in [6, 6.07) is 0. The Bertz CT molecular complexity index is 134. The van der Waals surface area contributed by atoms with E-state index in [4.69, 9.17) is 12.2 Å². The molecule has 2 nitrogen and oxygen atoms in total. The van der Waals surface area contributed by atoms with Crippen molar-refractivity contribution < 1.29 is 0 Å². The van der Waals surface area contributed by atoms with Gasteiger partial charge in [0.15, 0.2) is 5.11 Å². The van der Waals surface area contributed by atoms with Crippen molar-refractivity contribution in [3.8, 4) is 0 Å². The molecule has 1 rings (SSSR count). The maximum absolute atomic E-state index is 5.18. The maximum atomic E-state index is 5.18. The number of hydrogen-bond donors (Lipinski definition) is 0. The van der Waals surface area contributed by atoms with Gasteiger partial charge in [0.2, 0.25) is 0 Å². The lowest BCUT2D eigenvalue weighted by atomic mass is 10.4. The Hall–Kier alpha value is -0.310. The zero-order valence-electron chi connectivity index (χ0n) is 6.63. The van der Waals surface area contributed by atoms with Crippen molar-refractivity contribution in [1.29, 1.82) is 0 Å². The summed E-state index contributed by atoms with van der Waals surface area (Å²) in [7, 11) is 2.05. The van der Waals surface area contributed by atoms with Crippen LogP contribution >= 0.6 is 12.2 Å². The van der Waals surface area contributed by atoms with Gasteiger partial charge in [-0.15, -0.1) is 0 Å². The van der Waals surface area contributed by atoms with Crippen LogP contribution in [-0.4, -0.2) is 41.6 Å². The fraction of sp³-hybridized carbons (Fsp3) is 0.857. The lowest BCUT2D eigenvalue weighted by molar-refractivity contribution is 0.466. The van der Waals surface area contributed by atoms with E-state index in [1.807, 2.05) is 0 Å². The van der Waals surface area contributed by atoms with Crippen molar-refractivity contribution in [2.75, 3.05) is 26.7 Å². The van der Waals surface area contributed by atoms with Crippen LogP contribution in [0.15, 0.2) is 0 Å². The summed E-state index contributed by atoms with van der Waals surface area (Å²) in [6.45, 7) is 5.51. The number of nitrogens with zero attached hydrogens (tertiary/aromatic N) is 2. The van der Waals surface area contributed by atoms with E-state index >= 15 is 0 Å². The molecular formula is C7H14N2S. The predicted octanol–water partition coefficient (Wildman–Crippen LogP) is 0.929. The van der Waals surface area contributed by atoms with Crippen molar-refractivity contribution in [2.45, 2.75) is 13.3 Å². The Morgan fingerprint density at radius 3 is 2.60 bits per heavy atom. The molecule has 1 aliphatic heterocycles. The first kappa shape index (κ1) is 7.79. The summed E-state index contributed by atoms with van der Waals surface area (Å²) in [5, 5.41) is 1.02. The second-order valence-electron chi connectivity index (χ2n) is 2.69. The molecule has 0 spiro atoms. The van der Waals surface area contributed by atoms with Crippen LogP contribution in [0.2, 0.25) is 0 Å². The van der Waals surface area contributed by atoms with Gasteiger partial charge >= 0.3 is 0 Å². The van der Waals surface area contributed by atoms with E-state index < -0.39 is 0 Å². The average molecular weight is 158 g/mol. The average Bonchev–Trinajstić information content (AvgIpc) is 2.20. The standard InChI is InChI=1S/C7H14N2S/c1-3-4-9-6-5-8(2)7(9)10/h3-6H2,1-2H3. The van der Waals surface area contributed by atoms with E-state index in [-0.39, 0.29) is 0 Å². The van der Waals surface area contributed by atoms with Crippen molar-refractivity contribution in [3.63, 3.8) is 0 Å². The van der Waals surface area contributed by atoms with E-state index in [1.54, 1.807) is 0 Å². The van der Waals surface area contributed by atoms with Crippen LogP contribution in [0.4, 0.5) is 0 Å². The molecule has 0 N–H and O–H groups in total. The van der Waals surface area contributed by atoms with E-state index in [9.17, 15) is 0 Å². The molecule has 0 aromatic carbocycles. The second-order valence-corrected chi connectivity index (χ2v) is 3.06. The molecular weight excluding hydrogens is 144 g/mol. The van der Waals surface area contributed by atoms with Crippen LogP contribution in [0.1, 0.15) is 13.3 Å². The van der Waals surface area contributed by atoms with Crippen molar-refractivity contribution in [2.24, 2.45) is 0 Å². The Morgan fingerprint density at radius 2 is 2.20 bits per heavy atom. The SMILES string of the molecule is CCCN1CCN(C)C1=S. The largest absolute Gasteiger partial charge is 0.350 e. The summed E-state index contributed by atoms with van der Waals surface area (Å²) in [4.78, 5) is 4.39. The third kappa shape index (κ3) is 1.40. The second kappa shape index (κ2) is 3.19. The molecule has 58 valence electrons. The molecule has 10 heavy (non-hydrogen) atoms. The first-order valence-corrected chi connectivity index (χ1v) is 4.16. The van der Waals surface area contributed by atoms with Crippen LogP contribution in [0.3, 0.4) is 0 Å².